The molecule has 0 spiro atoms. The van der Waals surface area contributed by atoms with Crippen LogP contribution in [0.4, 0.5) is 0 Å². The highest BCUT2D eigenvalue weighted by atomic mass is 16.5. The predicted octanol–water partition coefficient (Wildman–Crippen LogP) is 19.8. The molecule has 0 aromatic rings. The van der Waals surface area contributed by atoms with Crippen LogP contribution in [0.2, 0.25) is 0 Å². The van der Waals surface area contributed by atoms with Gasteiger partial charge in [-0.05, 0) is 77.0 Å². The molecule has 0 aliphatic carbocycles. The number of amides is 1. The number of nitrogens with one attached hydrogen (secondary N) is 1. The van der Waals surface area contributed by atoms with Crippen molar-refractivity contribution in [1.82, 2.24) is 5.32 Å². The van der Waals surface area contributed by atoms with Crippen LogP contribution in [0.25, 0.3) is 0 Å². The fourth-order valence-corrected chi connectivity index (χ4v) is 9.87. The summed E-state index contributed by atoms with van der Waals surface area (Å²) in [7, 11) is 0. The van der Waals surface area contributed by atoms with Crippen molar-refractivity contribution in [2.75, 3.05) is 13.2 Å². The lowest BCUT2D eigenvalue weighted by atomic mass is 10.0. The van der Waals surface area contributed by atoms with Crippen LogP contribution in [0.5, 0.6) is 0 Å². The predicted molar refractivity (Wildman–Crippen MR) is 306 cm³/mol. The average Bonchev–Trinajstić information content (AvgIpc) is 3.36. The van der Waals surface area contributed by atoms with Crippen LogP contribution in [0, 0.1) is 0 Å². The summed E-state index contributed by atoms with van der Waals surface area (Å²) in [6.45, 7) is 4.95. The van der Waals surface area contributed by atoms with Gasteiger partial charge in [-0.15, -0.1) is 0 Å². The third kappa shape index (κ3) is 55.7. The van der Waals surface area contributed by atoms with Crippen LogP contribution in [-0.4, -0.2) is 47.4 Å². The number of esters is 1. The molecule has 1 amide bonds. The lowest BCUT2D eigenvalue weighted by molar-refractivity contribution is -0.143. The third-order valence-electron chi connectivity index (χ3n) is 14.7. The quantitative estimate of drug-likeness (QED) is 0.0321. The molecule has 0 aliphatic rings. The topological polar surface area (TPSA) is 95.9 Å². The van der Waals surface area contributed by atoms with Crippen LogP contribution >= 0.6 is 0 Å². The zero-order chi connectivity index (χ0) is 50.7. The monoisotopic (exact) mass is 986 g/mol. The van der Waals surface area contributed by atoms with E-state index in [2.05, 4.69) is 43.5 Å². The summed E-state index contributed by atoms with van der Waals surface area (Å²) in [5.74, 6) is -0.0283. The Hall–Kier alpha value is -1.66. The number of hydrogen-bond acceptors (Lipinski definition) is 5. The van der Waals surface area contributed by atoms with Crippen LogP contribution in [0.15, 0.2) is 24.3 Å². The van der Waals surface area contributed by atoms with E-state index in [0.717, 1.165) is 44.9 Å². The smallest absolute Gasteiger partial charge is 0.305 e. The number of aliphatic hydroxyl groups excluding tert-OH is 2. The summed E-state index contributed by atoms with van der Waals surface area (Å²) in [4.78, 5) is 24.5. The minimum atomic E-state index is -0.663. The summed E-state index contributed by atoms with van der Waals surface area (Å²) >= 11 is 0. The number of aliphatic hydroxyl groups is 2. The summed E-state index contributed by atoms with van der Waals surface area (Å²) in [5, 5.41) is 23.2. The molecule has 0 aromatic heterocycles. The van der Waals surface area contributed by atoms with E-state index in [1.165, 1.54) is 270 Å². The van der Waals surface area contributed by atoms with E-state index >= 15 is 0 Å². The molecular weight excluding hydrogens is 863 g/mol. The van der Waals surface area contributed by atoms with E-state index in [0.29, 0.717) is 25.9 Å². The van der Waals surface area contributed by atoms with Gasteiger partial charge in [-0.1, -0.05) is 282 Å². The first-order chi connectivity index (χ1) is 34.5. The van der Waals surface area contributed by atoms with Gasteiger partial charge in [-0.2, -0.15) is 0 Å². The van der Waals surface area contributed by atoms with Gasteiger partial charge in [0.15, 0.2) is 0 Å². The molecule has 70 heavy (non-hydrogen) atoms. The Morgan fingerprint density at radius 3 is 1.01 bits per heavy atom. The molecule has 2 unspecified atom stereocenters. The van der Waals surface area contributed by atoms with E-state index < -0.39 is 12.1 Å². The Kier molecular flexibility index (Phi) is 58.5. The highest BCUT2D eigenvalue weighted by Crippen LogP contribution is 2.17. The fourth-order valence-electron chi connectivity index (χ4n) is 9.87. The first-order valence-corrected chi connectivity index (χ1v) is 31.6. The van der Waals surface area contributed by atoms with Crippen molar-refractivity contribution in [1.29, 1.82) is 0 Å². The molecule has 3 N–H and O–H groups in total. The molecule has 0 fully saturated rings. The Bertz CT molecular complexity index is 1090. The van der Waals surface area contributed by atoms with E-state index in [-0.39, 0.29) is 18.5 Å². The van der Waals surface area contributed by atoms with Gasteiger partial charge in [-0.25, -0.2) is 0 Å². The van der Waals surface area contributed by atoms with Gasteiger partial charge in [0.1, 0.15) is 0 Å². The van der Waals surface area contributed by atoms with Gasteiger partial charge in [0, 0.05) is 12.8 Å². The molecule has 0 saturated carbocycles. The number of carbonyl (C=O) groups excluding carboxylic acids is 2. The Morgan fingerprint density at radius 1 is 0.386 bits per heavy atom. The van der Waals surface area contributed by atoms with Gasteiger partial charge in [0.05, 0.1) is 25.4 Å². The Morgan fingerprint density at radius 2 is 0.671 bits per heavy atom. The first kappa shape index (κ1) is 68.3. The molecule has 0 saturated heterocycles. The zero-order valence-corrected chi connectivity index (χ0v) is 47.3. The maximum Gasteiger partial charge on any atom is 0.305 e. The number of carbonyl (C=O) groups is 2. The maximum absolute atomic E-state index is 12.5. The molecule has 0 aromatic carbocycles. The van der Waals surface area contributed by atoms with E-state index in [1.807, 2.05) is 0 Å². The number of unbranched alkanes of at least 4 members (excludes halogenated alkanes) is 44. The Labute approximate surface area is 437 Å². The number of hydrogen-bond donors (Lipinski definition) is 3. The largest absolute Gasteiger partial charge is 0.466 e. The SMILES string of the molecule is CCCCCCC/C=C\CCCCCCCC(=O)OCCCCCCCCCCCCCC/C=C\CCCCCCCCCCCCCC(=O)NC(CO)C(O)CCCCCCCCCCCCCC. The molecule has 6 nitrogen and oxygen atoms in total. The van der Waals surface area contributed by atoms with Crippen molar-refractivity contribution in [3.63, 3.8) is 0 Å². The second kappa shape index (κ2) is 59.9. The van der Waals surface area contributed by atoms with Crippen molar-refractivity contribution < 1.29 is 24.5 Å². The van der Waals surface area contributed by atoms with Crippen molar-refractivity contribution >= 4 is 11.9 Å². The molecule has 414 valence electrons. The van der Waals surface area contributed by atoms with Crippen molar-refractivity contribution in [3.05, 3.63) is 24.3 Å². The second-order valence-electron chi connectivity index (χ2n) is 21.7. The molecule has 0 radical (unpaired) electrons. The molecule has 0 rings (SSSR count). The summed E-state index contributed by atoms with van der Waals surface area (Å²) in [6, 6.07) is -0.541. The van der Waals surface area contributed by atoms with Crippen LogP contribution in [0.1, 0.15) is 348 Å². The van der Waals surface area contributed by atoms with Crippen LogP contribution in [0.3, 0.4) is 0 Å². The van der Waals surface area contributed by atoms with Crippen molar-refractivity contribution in [3.8, 4) is 0 Å². The number of ether oxygens (including phenoxy) is 1. The van der Waals surface area contributed by atoms with Gasteiger partial charge >= 0.3 is 5.97 Å². The fraction of sp³-hybridized carbons (Fsp3) is 0.906. The highest BCUT2D eigenvalue weighted by Gasteiger charge is 2.20. The summed E-state index contributed by atoms with van der Waals surface area (Å²) in [6.07, 6.45) is 73.4. The van der Waals surface area contributed by atoms with Gasteiger partial charge in [0.25, 0.3) is 0 Å². The minimum Gasteiger partial charge on any atom is -0.466 e. The average molecular weight is 987 g/mol. The van der Waals surface area contributed by atoms with Crippen molar-refractivity contribution in [2.45, 2.75) is 360 Å². The highest BCUT2D eigenvalue weighted by molar-refractivity contribution is 5.76. The zero-order valence-electron chi connectivity index (χ0n) is 47.3. The molecular formula is C64H123NO5. The minimum absolute atomic E-state index is 0.00679. The molecule has 0 bridgehead atoms. The van der Waals surface area contributed by atoms with E-state index in [1.54, 1.807) is 0 Å². The molecule has 0 aliphatic heterocycles. The Balaban J connectivity index is 3.37. The van der Waals surface area contributed by atoms with E-state index in [9.17, 15) is 19.8 Å². The summed E-state index contributed by atoms with van der Waals surface area (Å²) < 4.78 is 5.48. The van der Waals surface area contributed by atoms with Gasteiger partial charge in [0.2, 0.25) is 5.91 Å². The lowest BCUT2D eigenvalue weighted by Crippen LogP contribution is -2.45. The number of rotatable bonds is 59. The molecule has 0 heterocycles. The van der Waals surface area contributed by atoms with Gasteiger partial charge < -0.3 is 20.3 Å². The van der Waals surface area contributed by atoms with Crippen LogP contribution in [-0.2, 0) is 14.3 Å². The number of allylic oxidation sites excluding steroid dienone is 4. The molecule has 6 heteroatoms. The normalized spacial score (nSPS) is 12.7. The maximum atomic E-state index is 12.5. The van der Waals surface area contributed by atoms with Crippen LogP contribution < -0.4 is 5.32 Å². The van der Waals surface area contributed by atoms with Gasteiger partial charge in [-0.3, -0.25) is 9.59 Å². The lowest BCUT2D eigenvalue weighted by Gasteiger charge is -2.22. The second-order valence-corrected chi connectivity index (χ2v) is 21.7. The summed E-state index contributed by atoms with van der Waals surface area (Å²) in [5.41, 5.74) is 0. The van der Waals surface area contributed by atoms with Crippen molar-refractivity contribution in [2.24, 2.45) is 0 Å². The third-order valence-corrected chi connectivity index (χ3v) is 14.7. The first-order valence-electron chi connectivity index (χ1n) is 31.6. The van der Waals surface area contributed by atoms with E-state index in [4.69, 9.17) is 4.74 Å². The standard InChI is InChI=1S/C64H123NO5/c1-3-5-7-9-11-13-15-17-34-38-42-46-50-54-58-64(69)70-59-55-51-47-43-39-35-32-30-28-26-24-22-20-18-19-21-23-25-27-29-31-33-37-41-45-49-53-57-63(68)65-61(60-66)62(67)56-52-48-44-40-36-16-14-12-10-8-6-4-2/h15,17-19,61-62,66-67H,3-14,16,20-60H2,1-2H3,(H,65,68)/b17-15-,19-18-. The molecule has 2 atom stereocenters.